The lowest BCUT2D eigenvalue weighted by Crippen LogP contribution is -2.02. The lowest BCUT2D eigenvalue weighted by molar-refractivity contribution is 0.952. The minimum Gasteiger partial charge on any atom is -0.382 e. The van der Waals surface area contributed by atoms with E-state index >= 15 is 0 Å². The fourth-order valence-corrected chi connectivity index (χ4v) is 2.06. The van der Waals surface area contributed by atoms with E-state index in [1.54, 1.807) is 0 Å². The Hall–Kier alpha value is -2.39. The van der Waals surface area contributed by atoms with Crippen LogP contribution in [-0.2, 0) is 0 Å². The topological polar surface area (TPSA) is 80.0 Å². The van der Waals surface area contributed by atoms with Crippen LogP contribution in [0.25, 0.3) is 16.9 Å². The molecular formula is C13H8BrN5. The van der Waals surface area contributed by atoms with Gasteiger partial charge in [-0.25, -0.2) is 4.98 Å². The van der Waals surface area contributed by atoms with Crippen molar-refractivity contribution in [1.82, 2.24) is 14.6 Å². The predicted molar refractivity (Wildman–Crippen MR) is 75.3 cm³/mol. The molecule has 0 unspecified atom stereocenters. The molecule has 0 aliphatic rings. The Morgan fingerprint density at radius 2 is 2.00 bits per heavy atom. The smallest absolute Gasteiger partial charge is 0.157 e. The van der Waals surface area contributed by atoms with E-state index in [9.17, 15) is 0 Å². The summed E-state index contributed by atoms with van der Waals surface area (Å²) in [5.74, 6) is 0.302. The number of nitrogens with zero attached hydrogens (tertiary/aromatic N) is 4. The fraction of sp³-hybridized carbons (Fsp3) is 0. The molecule has 0 aliphatic heterocycles. The molecule has 0 fully saturated rings. The summed E-state index contributed by atoms with van der Waals surface area (Å²) in [6, 6.07) is 11.6. The minimum atomic E-state index is 0.302. The number of hydrogen-bond acceptors (Lipinski definition) is 4. The highest BCUT2D eigenvalue weighted by Gasteiger charge is 2.10. The molecule has 6 heteroatoms. The van der Waals surface area contributed by atoms with Crippen molar-refractivity contribution in [2.75, 3.05) is 5.73 Å². The largest absolute Gasteiger partial charge is 0.382 e. The molecule has 0 amide bonds. The van der Waals surface area contributed by atoms with Gasteiger partial charge in [0.05, 0.1) is 11.9 Å². The monoisotopic (exact) mass is 313 g/mol. The third-order valence-corrected chi connectivity index (χ3v) is 3.31. The molecule has 0 spiro atoms. The van der Waals surface area contributed by atoms with Gasteiger partial charge in [-0.15, -0.1) is 0 Å². The molecule has 3 rings (SSSR count). The van der Waals surface area contributed by atoms with Gasteiger partial charge < -0.3 is 5.73 Å². The summed E-state index contributed by atoms with van der Waals surface area (Å²) in [4.78, 5) is 4.17. The first-order chi connectivity index (χ1) is 9.19. The summed E-state index contributed by atoms with van der Waals surface area (Å²) in [6.07, 6.45) is 1.46. The first kappa shape index (κ1) is 11.7. The lowest BCUT2D eigenvalue weighted by atomic mass is 10.2. The second-order valence-electron chi connectivity index (χ2n) is 3.98. The van der Waals surface area contributed by atoms with E-state index < -0.39 is 0 Å². The van der Waals surface area contributed by atoms with Gasteiger partial charge in [0.2, 0.25) is 0 Å². The number of nitrogens with two attached hydrogens (primary N) is 1. The summed E-state index contributed by atoms with van der Waals surface area (Å²) in [6.45, 7) is 0. The van der Waals surface area contributed by atoms with Crippen molar-refractivity contribution in [1.29, 1.82) is 5.26 Å². The molecule has 0 aliphatic carbocycles. The van der Waals surface area contributed by atoms with E-state index in [0.29, 0.717) is 17.0 Å². The molecule has 19 heavy (non-hydrogen) atoms. The lowest BCUT2D eigenvalue weighted by Gasteiger charge is -1.99. The van der Waals surface area contributed by atoms with Crippen molar-refractivity contribution >= 4 is 27.4 Å². The van der Waals surface area contributed by atoms with Crippen molar-refractivity contribution in [2.45, 2.75) is 0 Å². The first-order valence-corrected chi connectivity index (χ1v) is 6.28. The number of fused-ring (bicyclic) bond motifs is 1. The minimum absolute atomic E-state index is 0.302. The van der Waals surface area contributed by atoms with Crippen molar-refractivity contribution in [3.8, 4) is 17.3 Å². The Labute approximate surface area is 117 Å². The van der Waals surface area contributed by atoms with E-state index in [-0.39, 0.29) is 0 Å². The molecule has 2 N–H and O–H groups in total. The van der Waals surface area contributed by atoms with Crippen LogP contribution < -0.4 is 5.73 Å². The van der Waals surface area contributed by atoms with E-state index in [1.165, 1.54) is 10.7 Å². The number of benzene rings is 1. The van der Waals surface area contributed by atoms with Gasteiger partial charge in [-0.1, -0.05) is 28.1 Å². The molecule has 92 valence electrons. The van der Waals surface area contributed by atoms with Crippen LogP contribution in [0.15, 0.2) is 41.0 Å². The number of hydrogen-bond donors (Lipinski definition) is 1. The summed E-state index contributed by atoms with van der Waals surface area (Å²) in [5, 5.41) is 13.3. The first-order valence-electron chi connectivity index (χ1n) is 5.49. The van der Waals surface area contributed by atoms with Gasteiger partial charge in [0.1, 0.15) is 17.5 Å². The number of anilines is 1. The average molecular weight is 314 g/mol. The van der Waals surface area contributed by atoms with Crippen molar-refractivity contribution < 1.29 is 0 Å². The van der Waals surface area contributed by atoms with E-state index in [2.05, 4.69) is 26.0 Å². The Kier molecular flexibility index (Phi) is 2.69. The van der Waals surface area contributed by atoms with Crippen LogP contribution in [0.2, 0.25) is 0 Å². The maximum atomic E-state index is 8.92. The van der Waals surface area contributed by atoms with E-state index in [1.807, 2.05) is 36.4 Å². The Bertz CT molecular complexity index is 798. The zero-order valence-electron chi connectivity index (χ0n) is 9.71. The number of rotatable bonds is 1. The van der Waals surface area contributed by atoms with Crippen molar-refractivity contribution in [2.24, 2.45) is 0 Å². The summed E-state index contributed by atoms with van der Waals surface area (Å²) >= 11 is 3.39. The number of nitrogen functional groups attached to an aromatic ring is 1. The van der Waals surface area contributed by atoms with Crippen LogP contribution in [0.5, 0.6) is 0 Å². The standard InChI is InChI=1S/C13H8BrN5/c14-10-3-1-8(2-4-10)11-5-12-17-7-9(6-15)13(16)19(12)18-11/h1-5,7H,16H2. The zero-order chi connectivity index (χ0) is 13.4. The third-order valence-electron chi connectivity index (χ3n) is 2.78. The number of nitriles is 1. The molecule has 0 atom stereocenters. The molecule has 0 saturated heterocycles. The van der Waals surface area contributed by atoms with E-state index in [4.69, 9.17) is 11.0 Å². The van der Waals surface area contributed by atoms with Crippen molar-refractivity contribution in [3.63, 3.8) is 0 Å². The SMILES string of the molecule is N#Cc1cnc2cc(-c3ccc(Br)cc3)nn2c1N. The Morgan fingerprint density at radius 3 is 2.68 bits per heavy atom. The summed E-state index contributed by atoms with van der Waals surface area (Å²) < 4.78 is 2.49. The second kappa shape index (κ2) is 4.37. The second-order valence-corrected chi connectivity index (χ2v) is 4.89. The number of aromatic nitrogens is 3. The molecular weight excluding hydrogens is 306 g/mol. The number of halogens is 1. The molecule has 2 aromatic heterocycles. The van der Waals surface area contributed by atoms with Crippen molar-refractivity contribution in [3.05, 3.63) is 46.6 Å². The van der Waals surface area contributed by atoms with Gasteiger partial charge in [-0.3, -0.25) is 0 Å². The molecule has 2 heterocycles. The van der Waals surface area contributed by atoms with Gasteiger partial charge >= 0.3 is 0 Å². The molecule has 5 nitrogen and oxygen atoms in total. The highest BCUT2D eigenvalue weighted by atomic mass is 79.9. The highest BCUT2D eigenvalue weighted by Crippen LogP contribution is 2.23. The molecule has 3 aromatic rings. The van der Waals surface area contributed by atoms with Crippen LogP contribution in [0.4, 0.5) is 5.82 Å². The maximum absolute atomic E-state index is 8.92. The van der Waals surface area contributed by atoms with Crippen LogP contribution in [0.3, 0.4) is 0 Å². The van der Waals surface area contributed by atoms with Gasteiger partial charge in [0.15, 0.2) is 5.65 Å². The molecule has 0 bridgehead atoms. The van der Waals surface area contributed by atoms with Crippen LogP contribution in [-0.4, -0.2) is 14.6 Å². The average Bonchev–Trinajstić information content (AvgIpc) is 2.85. The van der Waals surface area contributed by atoms with Crippen LogP contribution in [0.1, 0.15) is 5.56 Å². The molecule has 0 saturated carbocycles. The fourth-order valence-electron chi connectivity index (χ4n) is 1.80. The summed E-state index contributed by atoms with van der Waals surface area (Å²) in [5.41, 5.74) is 8.54. The normalized spacial score (nSPS) is 10.5. The molecule has 0 radical (unpaired) electrons. The van der Waals surface area contributed by atoms with Gasteiger partial charge in [-0.05, 0) is 12.1 Å². The zero-order valence-corrected chi connectivity index (χ0v) is 11.3. The van der Waals surface area contributed by atoms with Crippen LogP contribution in [0, 0.1) is 11.3 Å². The van der Waals surface area contributed by atoms with Gasteiger partial charge in [0, 0.05) is 16.1 Å². The van der Waals surface area contributed by atoms with Crippen LogP contribution >= 0.6 is 15.9 Å². The Balaban J connectivity index is 2.20. The highest BCUT2D eigenvalue weighted by molar-refractivity contribution is 9.10. The van der Waals surface area contributed by atoms with Gasteiger partial charge in [-0.2, -0.15) is 14.9 Å². The van der Waals surface area contributed by atoms with E-state index in [0.717, 1.165) is 15.7 Å². The maximum Gasteiger partial charge on any atom is 0.157 e. The van der Waals surface area contributed by atoms with Gasteiger partial charge in [0.25, 0.3) is 0 Å². The third kappa shape index (κ3) is 1.94. The predicted octanol–water partition coefficient (Wildman–Crippen LogP) is 2.61. The Morgan fingerprint density at radius 1 is 1.26 bits per heavy atom. The molecule has 1 aromatic carbocycles. The summed E-state index contributed by atoms with van der Waals surface area (Å²) in [7, 11) is 0. The quantitative estimate of drug-likeness (QED) is 0.749.